The van der Waals surface area contributed by atoms with Gasteiger partial charge in [0.2, 0.25) is 0 Å². The van der Waals surface area contributed by atoms with Crippen LogP contribution in [-0.2, 0) is 0 Å². The van der Waals surface area contributed by atoms with Gasteiger partial charge in [0, 0.05) is 28.7 Å². The smallest absolute Gasteiger partial charge is 0.0721 e. The summed E-state index contributed by atoms with van der Waals surface area (Å²) >= 11 is 0. The van der Waals surface area contributed by atoms with E-state index in [1.165, 1.54) is 55.4 Å². The van der Waals surface area contributed by atoms with Gasteiger partial charge in [0.25, 0.3) is 0 Å². The number of benzene rings is 6. The van der Waals surface area contributed by atoms with Crippen LogP contribution in [0.1, 0.15) is 5.56 Å². The van der Waals surface area contributed by atoms with Crippen LogP contribution in [0.25, 0.3) is 72.4 Å². The van der Waals surface area contributed by atoms with Crippen molar-refractivity contribution >= 4 is 33.4 Å². The second-order valence-corrected chi connectivity index (χ2v) is 10.8. The lowest BCUT2D eigenvalue weighted by molar-refractivity contribution is 1.31. The lowest BCUT2D eigenvalue weighted by atomic mass is 9.93. The van der Waals surface area contributed by atoms with Crippen molar-refractivity contribution in [2.24, 2.45) is 0 Å². The molecule has 0 unspecified atom stereocenters. The van der Waals surface area contributed by atoms with Crippen molar-refractivity contribution in [3.63, 3.8) is 0 Å². The van der Waals surface area contributed by atoms with Crippen molar-refractivity contribution in [2.45, 2.75) is 0 Å². The summed E-state index contributed by atoms with van der Waals surface area (Å²) in [4.78, 5) is 5.22. The highest BCUT2D eigenvalue weighted by molar-refractivity contribution is 5.99. The van der Waals surface area contributed by atoms with Crippen LogP contribution < -0.4 is 5.32 Å². The standard InChI is InChI=1S/C40H28N2/c1-2-8-27(9-3-1)33-21-22-36-37(26-38(42-39(36)25-33)34-20-15-28-10-4-5-11-32(28)24-34)30-18-16-29(17-19-30)35-14-6-12-31-13-7-23-41-40(31)35/h1-22,24-26,41H,23H2. The van der Waals surface area contributed by atoms with E-state index < -0.39 is 0 Å². The quantitative estimate of drug-likeness (QED) is 0.242. The van der Waals surface area contributed by atoms with Crippen LogP contribution in [0.2, 0.25) is 0 Å². The molecule has 0 bridgehead atoms. The van der Waals surface area contributed by atoms with Gasteiger partial charge in [0.1, 0.15) is 0 Å². The van der Waals surface area contributed by atoms with Gasteiger partial charge in [-0.1, -0.05) is 133 Å². The molecule has 1 aromatic heterocycles. The Morgan fingerprint density at radius 3 is 2.10 bits per heavy atom. The molecule has 42 heavy (non-hydrogen) atoms. The first kappa shape index (κ1) is 24.3. The Morgan fingerprint density at radius 1 is 0.500 bits per heavy atom. The maximum absolute atomic E-state index is 5.22. The van der Waals surface area contributed by atoms with Crippen molar-refractivity contribution in [2.75, 3.05) is 11.9 Å². The predicted octanol–water partition coefficient (Wildman–Crippen LogP) is 10.5. The van der Waals surface area contributed by atoms with E-state index in [2.05, 4.69) is 157 Å². The third kappa shape index (κ3) is 4.34. The molecule has 0 amide bonds. The molecule has 0 atom stereocenters. The van der Waals surface area contributed by atoms with Crippen LogP contribution in [0.15, 0.2) is 146 Å². The highest BCUT2D eigenvalue weighted by atomic mass is 14.9. The lowest BCUT2D eigenvalue weighted by Gasteiger charge is -2.18. The summed E-state index contributed by atoms with van der Waals surface area (Å²) in [6, 6.07) is 50.0. The first-order chi connectivity index (χ1) is 20.8. The number of fused-ring (bicyclic) bond motifs is 3. The molecule has 8 rings (SSSR count). The first-order valence-electron chi connectivity index (χ1n) is 14.4. The minimum Gasteiger partial charge on any atom is -0.381 e. The molecule has 198 valence electrons. The molecule has 0 radical (unpaired) electrons. The summed E-state index contributed by atoms with van der Waals surface area (Å²) in [6.07, 6.45) is 4.37. The topological polar surface area (TPSA) is 24.9 Å². The second-order valence-electron chi connectivity index (χ2n) is 10.8. The number of aromatic nitrogens is 1. The largest absolute Gasteiger partial charge is 0.381 e. The van der Waals surface area contributed by atoms with Gasteiger partial charge in [-0.25, -0.2) is 4.98 Å². The summed E-state index contributed by atoms with van der Waals surface area (Å²) < 4.78 is 0. The molecule has 7 aromatic rings. The number of para-hydroxylation sites is 1. The summed E-state index contributed by atoms with van der Waals surface area (Å²) in [7, 11) is 0. The van der Waals surface area contributed by atoms with Gasteiger partial charge in [0.15, 0.2) is 0 Å². The highest BCUT2D eigenvalue weighted by Crippen LogP contribution is 2.38. The normalized spacial score (nSPS) is 12.3. The van der Waals surface area contributed by atoms with Crippen molar-refractivity contribution in [3.05, 3.63) is 151 Å². The van der Waals surface area contributed by atoms with E-state index in [1.807, 2.05) is 0 Å². The fourth-order valence-corrected chi connectivity index (χ4v) is 6.10. The molecular formula is C40H28N2. The van der Waals surface area contributed by atoms with Gasteiger partial charge in [-0.05, 0) is 62.4 Å². The molecular weight excluding hydrogens is 508 g/mol. The van der Waals surface area contributed by atoms with E-state index in [0.29, 0.717) is 0 Å². The van der Waals surface area contributed by atoms with Crippen LogP contribution in [0.5, 0.6) is 0 Å². The van der Waals surface area contributed by atoms with Gasteiger partial charge in [-0.3, -0.25) is 0 Å². The molecule has 0 fully saturated rings. The summed E-state index contributed by atoms with van der Waals surface area (Å²) in [6.45, 7) is 0.855. The molecule has 2 heterocycles. The van der Waals surface area contributed by atoms with Gasteiger partial charge in [0.05, 0.1) is 11.2 Å². The number of hydrogen-bond donors (Lipinski definition) is 1. The Hall–Kier alpha value is -5.47. The van der Waals surface area contributed by atoms with E-state index in [1.54, 1.807) is 0 Å². The molecule has 0 saturated heterocycles. The van der Waals surface area contributed by atoms with Crippen LogP contribution in [0, 0.1) is 0 Å². The zero-order valence-corrected chi connectivity index (χ0v) is 23.1. The Morgan fingerprint density at radius 2 is 1.24 bits per heavy atom. The zero-order chi connectivity index (χ0) is 27.9. The second kappa shape index (κ2) is 10.2. The van der Waals surface area contributed by atoms with E-state index in [9.17, 15) is 0 Å². The first-order valence-corrected chi connectivity index (χ1v) is 14.4. The van der Waals surface area contributed by atoms with Gasteiger partial charge >= 0.3 is 0 Å². The molecule has 1 aliphatic heterocycles. The Balaban J connectivity index is 1.28. The molecule has 6 aromatic carbocycles. The highest BCUT2D eigenvalue weighted by Gasteiger charge is 2.14. The van der Waals surface area contributed by atoms with Crippen LogP contribution in [0.3, 0.4) is 0 Å². The Kier molecular flexibility index (Phi) is 5.89. The molecule has 0 saturated carbocycles. The fourth-order valence-electron chi connectivity index (χ4n) is 6.10. The van der Waals surface area contributed by atoms with Gasteiger partial charge < -0.3 is 5.32 Å². The summed E-state index contributed by atoms with van der Waals surface area (Å²) in [5.41, 5.74) is 12.7. The molecule has 0 spiro atoms. The van der Waals surface area contributed by atoms with Crippen LogP contribution in [0.4, 0.5) is 5.69 Å². The van der Waals surface area contributed by atoms with E-state index in [0.717, 1.165) is 28.7 Å². The molecule has 1 N–H and O–H groups in total. The third-order valence-electron chi connectivity index (χ3n) is 8.26. The maximum Gasteiger partial charge on any atom is 0.0721 e. The monoisotopic (exact) mass is 536 g/mol. The fraction of sp³-hybridized carbons (Fsp3) is 0.0250. The predicted molar refractivity (Wildman–Crippen MR) is 179 cm³/mol. The average Bonchev–Trinajstić information content (AvgIpc) is 3.07. The van der Waals surface area contributed by atoms with Crippen molar-refractivity contribution in [1.82, 2.24) is 4.98 Å². The van der Waals surface area contributed by atoms with Crippen molar-refractivity contribution in [3.8, 4) is 44.6 Å². The van der Waals surface area contributed by atoms with E-state index >= 15 is 0 Å². The lowest BCUT2D eigenvalue weighted by Crippen LogP contribution is -2.05. The van der Waals surface area contributed by atoms with E-state index in [4.69, 9.17) is 4.98 Å². The van der Waals surface area contributed by atoms with Crippen molar-refractivity contribution in [1.29, 1.82) is 0 Å². The molecule has 0 aliphatic carbocycles. The SMILES string of the molecule is C1=Cc2cccc(-c3ccc(-c4cc(-c5ccc6ccccc6c5)nc5cc(-c6ccccc6)ccc45)cc3)c2NC1. The Labute approximate surface area is 245 Å². The molecule has 2 heteroatoms. The van der Waals surface area contributed by atoms with Crippen LogP contribution >= 0.6 is 0 Å². The molecule has 1 aliphatic rings. The minimum atomic E-state index is 0.855. The number of anilines is 1. The number of rotatable bonds is 4. The molecule has 2 nitrogen and oxygen atoms in total. The van der Waals surface area contributed by atoms with Gasteiger partial charge in [-0.2, -0.15) is 0 Å². The van der Waals surface area contributed by atoms with E-state index in [-0.39, 0.29) is 0 Å². The maximum atomic E-state index is 5.22. The van der Waals surface area contributed by atoms with Gasteiger partial charge in [-0.15, -0.1) is 0 Å². The Bertz CT molecular complexity index is 2120. The summed E-state index contributed by atoms with van der Waals surface area (Å²) in [5, 5.41) is 7.16. The number of hydrogen-bond acceptors (Lipinski definition) is 2. The summed E-state index contributed by atoms with van der Waals surface area (Å²) in [5.74, 6) is 0. The van der Waals surface area contributed by atoms with Crippen molar-refractivity contribution < 1.29 is 0 Å². The number of nitrogens with one attached hydrogen (secondary N) is 1. The average molecular weight is 537 g/mol. The van der Waals surface area contributed by atoms with Crippen LogP contribution in [-0.4, -0.2) is 11.5 Å². The number of pyridine rings is 1. The minimum absolute atomic E-state index is 0.855. The third-order valence-corrected chi connectivity index (χ3v) is 8.26. The number of nitrogens with zero attached hydrogens (tertiary/aromatic N) is 1. The zero-order valence-electron chi connectivity index (χ0n) is 23.1.